The SMILES string of the molecule is O=C(O)c1cc(Cl)cc(NCS(=O)(=O)c2ccccc2)c1Cl. The number of carboxylic acids is 1. The minimum absolute atomic E-state index is 0.0971. The Morgan fingerprint density at radius 2 is 1.77 bits per heavy atom. The molecule has 0 saturated carbocycles. The number of anilines is 1. The molecule has 0 atom stereocenters. The highest BCUT2D eigenvalue weighted by Gasteiger charge is 2.17. The fourth-order valence-electron chi connectivity index (χ4n) is 1.76. The van der Waals surface area contributed by atoms with Crippen LogP contribution in [0.4, 0.5) is 5.69 Å². The van der Waals surface area contributed by atoms with Gasteiger partial charge in [0.25, 0.3) is 0 Å². The maximum atomic E-state index is 12.2. The van der Waals surface area contributed by atoms with E-state index < -0.39 is 21.7 Å². The molecule has 0 aliphatic heterocycles. The third-order valence-corrected chi connectivity index (χ3v) is 4.96. The first-order chi connectivity index (χ1) is 10.3. The minimum Gasteiger partial charge on any atom is -0.478 e. The quantitative estimate of drug-likeness (QED) is 0.852. The molecule has 22 heavy (non-hydrogen) atoms. The molecule has 0 fully saturated rings. The molecule has 5 nitrogen and oxygen atoms in total. The Hall–Kier alpha value is -1.76. The topological polar surface area (TPSA) is 83.5 Å². The summed E-state index contributed by atoms with van der Waals surface area (Å²) in [6.45, 7) is 0. The van der Waals surface area contributed by atoms with E-state index in [1.165, 1.54) is 24.3 Å². The van der Waals surface area contributed by atoms with Crippen molar-refractivity contribution in [2.24, 2.45) is 0 Å². The molecule has 0 aliphatic carbocycles. The number of nitrogens with one attached hydrogen (secondary N) is 1. The summed E-state index contributed by atoms with van der Waals surface area (Å²) in [5, 5.41) is 11.7. The lowest BCUT2D eigenvalue weighted by Gasteiger charge is -2.11. The van der Waals surface area contributed by atoms with Gasteiger partial charge in [0.05, 0.1) is 21.2 Å². The van der Waals surface area contributed by atoms with Crippen LogP contribution >= 0.6 is 23.2 Å². The van der Waals surface area contributed by atoms with Gasteiger partial charge in [-0.05, 0) is 24.3 Å². The van der Waals surface area contributed by atoms with Gasteiger partial charge in [-0.3, -0.25) is 0 Å². The van der Waals surface area contributed by atoms with Gasteiger partial charge >= 0.3 is 5.97 Å². The third-order valence-electron chi connectivity index (χ3n) is 2.82. The van der Waals surface area contributed by atoms with Crippen LogP contribution in [0.2, 0.25) is 10.0 Å². The maximum Gasteiger partial charge on any atom is 0.337 e. The molecule has 0 bridgehead atoms. The first-order valence-corrected chi connectivity index (χ1v) is 8.46. The zero-order valence-corrected chi connectivity index (χ0v) is 13.4. The summed E-state index contributed by atoms with van der Waals surface area (Å²) in [4.78, 5) is 11.2. The predicted octanol–water partition coefficient (Wildman–Crippen LogP) is 3.53. The van der Waals surface area contributed by atoms with Crippen LogP contribution in [-0.2, 0) is 9.84 Å². The lowest BCUT2D eigenvalue weighted by atomic mass is 10.2. The molecular weight excluding hydrogens is 349 g/mol. The van der Waals surface area contributed by atoms with Crippen molar-refractivity contribution in [1.29, 1.82) is 0 Å². The zero-order chi connectivity index (χ0) is 16.3. The van der Waals surface area contributed by atoms with Crippen LogP contribution in [-0.4, -0.2) is 25.4 Å². The standard InChI is InChI=1S/C14H11Cl2NO4S/c15-9-6-11(14(18)19)13(16)12(7-9)17-8-22(20,21)10-4-2-1-3-5-10/h1-7,17H,8H2,(H,18,19). The molecule has 0 aromatic heterocycles. The van der Waals surface area contributed by atoms with Crippen LogP contribution in [0.1, 0.15) is 10.4 Å². The fraction of sp³-hybridized carbons (Fsp3) is 0.0714. The Morgan fingerprint density at radius 1 is 1.14 bits per heavy atom. The number of sulfone groups is 1. The van der Waals surface area contributed by atoms with E-state index in [9.17, 15) is 13.2 Å². The van der Waals surface area contributed by atoms with Crippen LogP contribution in [0.5, 0.6) is 0 Å². The number of hydrogen-bond donors (Lipinski definition) is 2. The van der Waals surface area contributed by atoms with Gasteiger partial charge < -0.3 is 10.4 Å². The summed E-state index contributed by atoms with van der Waals surface area (Å²) >= 11 is 11.8. The molecular formula is C14H11Cl2NO4S. The molecule has 2 aromatic carbocycles. The lowest BCUT2D eigenvalue weighted by Crippen LogP contribution is -2.15. The highest BCUT2D eigenvalue weighted by atomic mass is 35.5. The average molecular weight is 360 g/mol. The van der Waals surface area contributed by atoms with Crippen LogP contribution in [0.25, 0.3) is 0 Å². The van der Waals surface area contributed by atoms with Crippen LogP contribution in [0.15, 0.2) is 47.4 Å². The van der Waals surface area contributed by atoms with E-state index in [0.717, 1.165) is 0 Å². The van der Waals surface area contributed by atoms with E-state index in [-0.39, 0.29) is 26.2 Å². The van der Waals surface area contributed by atoms with Gasteiger partial charge in [0.1, 0.15) is 5.88 Å². The monoisotopic (exact) mass is 359 g/mol. The number of aromatic carboxylic acids is 1. The van der Waals surface area contributed by atoms with Gasteiger partial charge in [-0.25, -0.2) is 13.2 Å². The Kier molecular flexibility index (Phi) is 4.95. The summed E-state index contributed by atoms with van der Waals surface area (Å²) in [7, 11) is -3.58. The number of carboxylic acid groups (broad SMARTS) is 1. The molecule has 116 valence electrons. The van der Waals surface area contributed by atoms with Gasteiger partial charge in [-0.2, -0.15) is 0 Å². The fourth-order valence-corrected chi connectivity index (χ4v) is 3.32. The second kappa shape index (κ2) is 6.56. The molecule has 2 aromatic rings. The minimum atomic E-state index is -3.58. The molecule has 0 radical (unpaired) electrons. The third kappa shape index (κ3) is 3.71. The van der Waals surface area contributed by atoms with Crippen LogP contribution in [0.3, 0.4) is 0 Å². The Bertz CT molecular complexity index is 807. The summed E-state index contributed by atoms with van der Waals surface area (Å²) in [5.41, 5.74) is -0.0557. The molecule has 2 N–H and O–H groups in total. The first kappa shape index (κ1) is 16.6. The van der Waals surface area contributed by atoms with Crippen molar-refractivity contribution < 1.29 is 18.3 Å². The molecule has 0 aliphatic rings. The Balaban J connectivity index is 2.27. The molecule has 0 saturated heterocycles. The molecule has 0 spiro atoms. The van der Waals surface area contributed by atoms with Crippen molar-refractivity contribution in [2.45, 2.75) is 4.90 Å². The molecule has 8 heteroatoms. The van der Waals surface area contributed by atoms with E-state index >= 15 is 0 Å². The van der Waals surface area contributed by atoms with Crippen molar-refractivity contribution in [1.82, 2.24) is 0 Å². The van der Waals surface area contributed by atoms with Crippen molar-refractivity contribution in [3.05, 3.63) is 58.1 Å². The van der Waals surface area contributed by atoms with E-state index in [1.807, 2.05) is 0 Å². The van der Waals surface area contributed by atoms with Gasteiger partial charge in [0, 0.05) is 5.02 Å². The highest BCUT2D eigenvalue weighted by molar-refractivity contribution is 7.91. The van der Waals surface area contributed by atoms with Gasteiger partial charge in [0.15, 0.2) is 9.84 Å². The number of hydrogen-bond acceptors (Lipinski definition) is 4. The summed E-state index contributed by atoms with van der Waals surface area (Å²) in [5.74, 6) is -1.68. The average Bonchev–Trinajstić information content (AvgIpc) is 2.48. The van der Waals surface area contributed by atoms with E-state index in [2.05, 4.69) is 5.32 Å². The lowest BCUT2D eigenvalue weighted by molar-refractivity contribution is 0.0697. The zero-order valence-electron chi connectivity index (χ0n) is 11.1. The molecule has 0 amide bonds. The Morgan fingerprint density at radius 3 is 2.36 bits per heavy atom. The smallest absolute Gasteiger partial charge is 0.337 e. The maximum absolute atomic E-state index is 12.2. The van der Waals surface area contributed by atoms with Gasteiger partial charge in [-0.15, -0.1) is 0 Å². The largest absolute Gasteiger partial charge is 0.478 e. The predicted molar refractivity (Wildman–Crippen MR) is 85.5 cm³/mol. The van der Waals surface area contributed by atoms with Crippen LogP contribution < -0.4 is 5.32 Å². The van der Waals surface area contributed by atoms with Crippen LogP contribution in [0, 0.1) is 0 Å². The van der Waals surface area contributed by atoms with E-state index in [1.54, 1.807) is 18.2 Å². The van der Waals surface area contributed by atoms with E-state index in [4.69, 9.17) is 28.3 Å². The number of benzene rings is 2. The summed E-state index contributed by atoms with van der Waals surface area (Å²) in [6, 6.07) is 10.4. The second-order valence-corrected chi connectivity index (χ2v) is 7.17. The molecule has 2 rings (SSSR count). The second-order valence-electron chi connectivity index (χ2n) is 4.37. The number of carbonyl (C=O) groups is 1. The van der Waals surface area contributed by atoms with Crippen molar-refractivity contribution in [3.8, 4) is 0 Å². The summed E-state index contributed by atoms with van der Waals surface area (Å²) < 4.78 is 24.3. The normalized spacial score (nSPS) is 11.2. The number of halogens is 2. The highest BCUT2D eigenvalue weighted by Crippen LogP contribution is 2.30. The van der Waals surface area contributed by atoms with Gasteiger partial charge in [-0.1, -0.05) is 41.4 Å². The number of rotatable bonds is 5. The molecule has 0 unspecified atom stereocenters. The van der Waals surface area contributed by atoms with Crippen molar-refractivity contribution in [2.75, 3.05) is 11.2 Å². The first-order valence-electron chi connectivity index (χ1n) is 6.05. The van der Waals surface area contributed by atoms with Gasteiger partial charge in [0.2, 0.25) is 0 Å². The Labute approximate surface area is 137 Å². The van der Waals surface area contributed by atoms with E-state index in [0.29, 0.717) is 0 Å². The molecule has 0 heterocycles. The summed E-state index contributed by atoms with van der Waals surface area (Å²) in [6.07, 6.45) is 0. The van der Waals surface area contributed by atoms with Crippen molar-refractivity contribution >= 4 is 44.7 Å². The van der Waals surface area contributed by atoms with Crippen molar-refractivity contribution in [3.63, 3.8) is 0 Å².